The molecule has 178 valence electrons. The fourth-order valence-corrected chi connectivity index (χ4v) is 5.04. The zero-order valence-electron chi connectivity index (χ0n) is 19.0. The molecule has 34 heavy (non-hydrogen) atoms. The van der Waals surface area contributed by atoms with E-state index in [2.05, 4.69) is 11.8 Å². The molecule has 2 aliphatic heterocycles. The summed E-state index contributed by atoms with van der Waals surface area (Å²) in [5, 5.41) is 1.96. The van der Waals surface area contributed by atoms with Gasteiger partial charge in [0.05, 0.1) is 24.2 Å². The van der Waals surface area contributed by atoms with E-state index in [0.29, 0.717) is 49.2 Å². The number of fused-ring (bicyclic) bond motifs is 1. The molecule has 4 heterocycles. The van der Waals surface area contributed by atoms with Crippen LogP contribution in [0.5, 0.6) is 11.6 Å². The molecule has 9 heteroatoms. The summed E-state index contributed by atoms with van der Waals surface area (Å²) < 4.78 is 33.2. The number of piperidine rings is 1. The Morgan fingerprint density at radius 1 is 1.15 bits per heavy atom. The van der Waals surface area contributed by atoms with E-state index < -0.39 is 11.6 Å². The Morgan fingerprint density at radius 3 is 2.71 bits per heavy atom. The van der Waals surface area contributed by atoms with Crippen molar-refractivity contribution in [1.82, 2.24) is 14.9 Å². The molecule has 0 radical (unpaired) electrons. The van der Waals surface area contributed by atoms with Crippen LogP contribution in [0.4, 0.5) is 14.7 Å². The zero-order chi connectivity index (χ0) is 23.7. The minimum atomic E-state index is -0.988. The highest BCUT2D eigenvalue weighted by Gasteiger charge is 2.29. The number of amides is 1. The Hall–Kier alpha value is -3.07. The Bertz CT molecular complexity index is 1180. The molecule has 0 N–H and O–H groups in total. The number of carbonyl (C=O) groups excluding carboxylic acids is 1. The van der Waals surface area contributed by atoms with Crippen molar-refractivity contribution >= 4 is 23.2 Å². The molecular formula is C25H26F2N4O2S. The number of halogens is 2. The van der Waals surface area contributed by atoms with Crippen molar-refractivity contribution in [3.63, 3.8) is 0 Å². The number of rotatable bonds is 5. The first kappa shape index (κ1) is 22.7. The number of ether oxygens (including phenoxy) is 1. The topological polar surface area (TPSA) is 58.6 Å². The number of hydrogen-bond donors (Lipinski definition) is 0. The minimum Gasteiger partial charge on any atom is -0.438 e. The fraction of sp³-hybridized carbons (Fsp3) is 0.400. The Morgan fingerprint density at radius 2 is 1.97 bits per heavy atom. The lowest BCUT2D eigenvalue weighted by Gasteiger charge is -2.33. The smallest absolute Gasteiger partial charge is 0.229 e. The Balaban J connectivity index is 1.45. The highest BCUT2D eigenvalue weighted by atomic mass is 32.1. The van der Waals surface area contributed by atoms with Crippen LogP contribution < -0.4 is 9.64 Å². The highest BCUT2D eigenvalue weighted by Crippen LogP contribution is 2.33. The quantitative estimate of drug-likeness (QED) is 0.512. The number of benzene rings is 1. The summed E-state index contributed by atoms with van der Waals surface area (Å²) in [7, 11) is 0. The third-order valence-electron chi connectivity index (χ3n) is 6.44. The average Bonchev–Trinajstić information content (AvgIpc) is 3.34. The standard InChI is InChI=1S/C25H26F2N4O2S/c1-16-6-9-30(10-7-16)25-28-22-8-11-31(23(32)14-18-3-2-12-34-18)15-19(22)24(29-25)33-17-4-5-20(26)21(27)13-17/h2-5,12-13,16H,6-11,14-15H2,1H3. The van der Waals surface area contributed by atoms with Gasteiger partial charge in [-0.2, -0.15) is 4.98 Å². The molecule has 3 aromatic rings. The lowest BCUT2D eigenvalue weighted by atomic mass is 9.99. The van der Waals surface area contributed by atoms with E-state index in [4.69, 9.17) is 14.7 Å². The van der Waals surface area contributed by atoms with Crippen molar-refractivity contribution in [1.29, 1.82) is 0 Å². The molecule has 0 aliphatic carbocycles. The molecule has 0 saturated carbocycles. The van der Waals surface area contributed by atoms with Gasteiger partial charge in [0, 0.05) is 37.0 Å². The molecule has 1 amide bonds. The van der Waals surface area contributed by atoms with Crippen LogP contribution in [-0.4, -0.2) is 40.4 Å². The van der Waals surface area contributed by atoms with Gasteiger partial charge in [-0.3, -0.25) is 4.79 Å². The van der Waals surface area contributed by atoms with E-state index >= 15 is 0 Å². The molecule has 2 aliphatic rings. The maximum Gasteiger partial charge on any atom is 0.229 e. The van der Waals surface area contributed by atoms with Crippen molar-refractivity contribution < 1.29 is 18.3 Å². The zero-order valence-corrected chi connectivity index (χ0v) is 19.8. The molecule has 0 bridgehead atoms. The lowest BCUT2D eigenvalue weighted by Crippen LogP contribution is -2.38. The van der Waals surface area contributed by atoms with Gasteiger partial charge < -0.3 is 14.5 Å². The van der Waals surface area contributed by atoms with Crippen LogP contribution in [0.15, 0.2) is 35.7 Å². The highest BCUT2D eigenvalue weighted by molar-refractivity contribution is 7.10. The largest absolute Gasteiger partial charge is 0.438 e. The van der Waals surface area contributed by atoms with Gasteiger partial charge >= 0.3 is 0 Å². The van der Waals surface area contributed by atoms with Crippen molar-refractivity contribution in [2.24, 2.45) is 5.92 Å². The van der Waals surface area contributed by atoms with Gasteiger partial charge in [-0.15, -0.1) is 11.3 Å². The third-order valence-corrected chi connectivity index (χ3v) is 7.32. The van der Waals surface area contributed by atoms with Crippen LogP contribution in [0.3, 0.4) is 0 Å². The Kier molecular flexibility index (Phi) is 6.45. The first-order valence-electron chi connectivity index (χ1n) is 11.5. The predicted molar refractivity (Wildman–Crippen MR) is 126 cm³/mol. The van der Waals surface area contributed by atoms with Crippen LogP contribution in [0.25, 0.3) is 0 Å². The normalized spacial score (nSPS) is 16.4. The summed E-state index contributed by atoms with van der Waals surface area (Å²) in [5.74, 6) is -0.209. The van der Waals surface area contributed by atoms with Crippen LogP contribution in [0.1, 0.15) is 35.9 Å². The summed E-state index contributed by atoms with van der Waals surface area (Å²) in [6.07, 6.45) is 3.05. The molecular weight excluding hydrogens is 458 g/mol. The predicted octanol–water partition coefficient (Wildman–Crippen LogP) is 4.97. The Labute approximate surface area is 201 Å². The van der Waals surface area contributed by atoms with E-state index in [9.17, 15) is 13.6 Å². The van der Waals surface area contributed by atoms with Gasteiger partial charge in [0.15, 0.2) is 11.6 Å². The second kappa shape index (κ2) is 9.66. The van der Waals surface area contributed by atoms with E-state index in [1.165, 1.54) is 6.07 Å². The molecule has 6 nitrogen and oxygen atoms in total. The second-order valence-electron chi connectivity index (χ2n) is 8.92. The maximum atomic E-state index is 13.8. The summed E-state index contributed by atoms with van der Waals surface area (Å²) in [6, 6.07) is 7.30. The van der Waals surface area contributed by atoms with Gasteiger partial charge in [0.25, 0.3) is 0 Å². The number of aromatic nitrogens is 2. The summed E-state index contributed by atoms with van der Waals surface area (Å²) >= 11 is 1.56. The molecule has 1 aromatic carbocycles. The molecule has 0 unspecified atom stereocenters. The van der Waals surface area contributed by atoms with E-state index in [1.807, 2.05) is 17.5 Å². The maximum absolute atomic E-state index is 13.8. The first-order chi connectivity index (χ1) is 16.5. The van der Waals surface area contributed by atoms with Crippen molar-refractivity contribution in [2.45, 2.75) is 39.2 Å². The summed E-state index contributed by atoms with van der Waals surface area (Å²) in [6.45, 7) is 4.83. The number of anilines is 1. The van der Waals surface area contributed by atoms with Crippen molar-refractivity contribution in [3.05, 3.63) is 63.5 Å². The van der Waals surface area contributed by atoms with Crippen LogP contribution in [0, 0.1) is 17.6 Å². The number of carbonyl (C=O) groups is 1. The molecule has 0 atom stereocenters. The van der Waals surface area contributed by atoms with Crippen molar-refractivity contribution in [3.8, 4) is 11.6 Å². The van der Waals surface area contributed by atoms with Gasteiger partial charge in [-0.25, -0.2) is 13.8 Å². The SMILES string of the molecule is CC1CCN(c2nc3c(c(Oc4ccc(F)c(F)c4)n2)CN(C(=O)Cc2cccs2)CC3)CC1. The lowest BCUT2D eigenvalue weighted by molar-refractivity contribution is -0.131. The second-order valence-corrected chi connectivity index (χ2v) is 9.96. The molecule has 2 aromatic heterocycles. The first-order valence-corrected chi connectivity index (χ1v) is 12.4. The summed E-state index contributed by atoms with van der Waals surface area (Å²) in [4.78, 5) is 27.4. The molecule has 5 rings (SSSR count). The van der Waals surface area contributed by atoms with E-state index in [0.717, 1.165) is 48.6 Å². The van der Waals surface area contributed by atoms with Crippen molar-refractivity contribution in [2.75, 3.05) is 24.5 Å². The van der Waals surface area contributed by atoms with Gasteiger partial charge in [-0.05, 0) is 42.3 Å². The van der Waals surface area contributed by atoms with Gasteiger partial charge in [0.2, 0.25) is 17.7 Å². The number of hydrogen-bond acceptors (Lipinski definition) is 6. The average molecular weight is 485 g/mol. The molecule has 0 spiro atoms. The third kappa shape index (κ3) is 4.89. The van der Waals surface area contributed by atoms with Gasteiger partial charge in [0.1, 0.15) is 5.75 Å². The minimum absolute atomic E-state index is 0.0287. The number of thiophene rings is 1. The fourth-order valence-electron chi connectivity index (χ4n) is 4.34. The van der Waals surface area contributed by atoms with Crippen LogP contribution in [0.2, 0.25) is 0 Å². The summed E-state index contributed by atoms with van der Waals surface area (Å²) in [5.41, 5.74) is 1.55. The number of nitrogens with zero attached hydrogens (tertiary/aromatic N) is 4. The van der Waals surface area contributed by atoms with Gasteiger partial charge in [-0.1, -0.05) is 13.0 Å². The molecule has 1 saturated heterocycles. The van der Waals surface area contributed by atoms with Crippen LogP contribution >= 0.6 is 11.3 Å². The van der Waals surface area contributed by atoms with Crippen LogP contribution in [-0.2, 0) is 24.2 Å². The van der Waals surface area contributed by atoms with E-state index in [1.54, 1.807) is 16.2 Å². The monoisotopic (exact) mass is 484 g/mol. The van der Waals surface area contributed by atoms with E-state index in [-0.39, 0.29) is 11.7 Å². The molecule has 1 fully saturated rings.